The minimum atomic E-state index is -1.80. The van der Waals surface area contributed by atoms with Gasteiger partial charge in [0.15, 0.2) is 0 Å². The predicted molar refractivity (Wildman–Crippen MR) is 79.3 cm³/mol. The SMILES string of the molecule is COc1ccc(C(=C(F)F)C2(O)CCC(C)(C)CC2)cc1. The Hall–Kier alpha value is -1.42. The molecule has 2 nitrogen and oxygen atoms in total. The molecule has 1 N–H and O–H groups in total. The number of hydrogen-bond donors (Lipinski definition) is 1. The van der Waals surface area contributed by atoms with Crippen molar-refractivity contribution in [3.63, 3.8) is 0 Å². The van der Waals surface area contributed by atoms with Gasteiger partial charge >= 0.3 is 0 Å². The molecule has 0 heterocycles. The van der Waals surface area contributed by atoms with E-state index in [1.807, 2.05) is 0 Å². The van der Waals surface area contributed by atoms with Gasteiger partial charge in [-0.05, 0) is 48.8 Å². The van der Waals surface area contributed by atoms with Gasteiger partial charge < -0.3 is 9.84 Å². The van der Waals surface area contributed by atoms with E-state index in [4.69, 9.17) is 4.74 Å². The van der Waals surface area contributed by atoms with Crippen molar-refractivity contribution < 1.29 is 18.6 Å². The van der Waals surface area contributed by atoms with Gasteiger partial charge in [-0.15, -0.1) is 0 Å². The summed E-state index contributed by atoms with van der Waals surface area (Å²) in [6, 6.07) is 6.42. The lowest BCUT2D eigenvalue weighted by atomic mass is 9.68. The van der Waals surface area contributed by atoms with Crippen LogP contribution in [0.3, 0.4) is 0 Å². The summed E-state index contributed by atoms with van der Waals surface area (Å²) in [5.41, 5.74) is -1.22. The fraction of sp³-hybridized carbons (Fsp3) is 0.529. The Kier molecular flexibility index (Phi) is 4.38. The molecule has 1 aliphatic carbocycles. The normalized spacial score (nSPS) is 19.9. The van der Waals surface area contributed by atoms with Gasteiger partial charge in [-0.2, -0.15) is 8.78 Å². The summed E-state index contributed by atoms with van der Waals surface area (Å²) in [7, 11) is 1.53. The van der Waals surface area contributed by atoms with Crippen LogP contribution in [-0.2, 0) is 0 Å². The van der Waals surface area contributed by atoms with Crippen molar-refractivity contribution in [2.75, 3.05) is 7.11 Å². The molecule has 0 unspecified atom stereocenters. The molecule has 0 amide bonds. The molecule has 2 rings (SSSR count). The van der Waals surface area contributed by atoms with Crippen molar-refractivity contribution in [3.8, 4) is 5.75 Å². The van der Waals surface area contributed by atoms with Crippen molar-refractivity contribution in [2.45, 2.75) is 45.1 Å². The lowest BCUT2D eigenvalue weighted by Gasteiger charge is -2.41. The summed E-state index contributed by atoms with van der Waals surface area (Å²) in [5.74, 6) is 0.606. The first-order valence-electron chi connectivity index (χ1n) is 7.20. The van der Waals surface area contributed by atoms with Crippen LogP contribution < -0.4 is 4.74 Å². The Labute approximate surface area is 124 Å². The fourth-order valence-electron chi connectivity index (χ4n) is 2.90. The van der Waals surface area contributed by atoms with Crippen LogP contribution >= 0.6 is 0 Å². The minimum Gasteiger partial charge on any atom is -0.497 e. The molecule has 1 saturated carbocycles. The zero-order valence-electron chi connectivity index (χ0n) is 12.7. The van der Waals surface area contributed by atoms with Crippen LogP contribution in [0.15, 0.2) is 30.3 Å². The van der Waals surface area contributed by atoms with Crippen LogP contribution in [-0.4, -0.2) is 17.8 Å². The molecule has 0 bridgehead atoms. The molecule has 21 heavy (non-hydrogen) atoms. The van der Waals surface area contributed by atoms with Crippen LogP contribution in [0.25, 0.3) is 5.57 Å². The van der Waals surface area contributed by atoms with Gasteiger partial charge in [0.25, 0.3) is 6.08 Å². The summed E-state index contributed by atoms with van der Waals surface area (Å²) < 4.78 is 32.0. The zero-order chi connectivity index (χ0) is 15.7. The Morgan fingerprint density at radius 2 is 1.57 bits per heavy atom. The van der Waals surface area contributed by atoms with Crippen molar-refractivity contribution in [1.82, 2.24) is 0 Å². The summed E-state index contributed by atoms with van der Waals surface area (Å²) in [4.78, 5) is 0. The highest BCUT2D eigenvalue weighted by Crippen LogP contribution is 2.47. The average molecular weight is 296 g/mol. The maximum atomic E-state index is 13.5. The standard InChI is InChI=1S/C17H22F2O2/c1-16(2)8-10-17(20,11-9-16)14(15(18)19)12-4-6-13(21-3)7-5-12/h4-7,20H,8-11H2,1-3H3. The number of rotatable bonds is 3. The molecule has 4 heteroatoms. The molecule has 1 fully saturated rings. The molecule has 0 spiro atoms. The Morgan fingerprint density at radius 1 is 1.05 bits per heavy atom. The van der Waals surface area contributed by atoms with E-state index >= 15 is 0 Å². The van der Waals surface area contributed by atoms with E-state index in [0.717, 1.165) is 12.8 Å². The quantitative estimate of drug-likeness (QED) is 0.881. The van der Waals surface area contributed by atoms with E-state index < -0.39 is 11.7 Å². The topological polar surface area (TPSA) is 29.5 Å². The summed E-state index contributed by atoms with van der Waals surface area (Å²) >= 11 is 0. The van der Waals surface area contributed by atoms with Gasteiger partial charge in [-0.1, -0.05) is 26.0 Å². The third-order valence-electron chi connectivity index (χ3n) is 4.46. The first-order chi connectivity index (χ1) is 9.77. The number of hydrogen-bond acceptors (Lipinski definition) is 2. The molecule has 116 valence electrons. The van der Waals surface area contributed by atoms with Gasteiger partial charge in [0.2, 0.25) is 0 Å². The average Bonchev–Trinajstić information content (AvgIpc) is 2.43. The summed E-state index contributed by atoms with van der Waals surface area (Å²) in [5, 5.41) is 10.7. The van der Waals surface area contributed by atoms with Gasteiger partial charge in [0, 0.05) is 0 Å². The molecule has 0 aliphatic heterocycles. The lowest BCUT2D eigenvalue weighted by molar-refractivity contribution is 0.0211. The second-order valence-electron chi connectivity index (χ2n) is 6.56. The largest absolute Gasteiger partial charge is 0.497 e. The highest BCUT2D eigenvalue weighted by molar-refractivity contribution is 5.73. The maximum Gasteiger partial charge on any atom is 0.276 e. The Bertz CT molecular complexity index is 518. The monoisotopic (exact) mass is 296 g/mol. The van der Waals surface area contributed by atoms with Crippen LogP contribution in [0.2, 0.25) is 0 Å². The van der Waals surface area contributed by atoms with Crippen molar-refractivity contribution in [3.05, 3.63) is 35.9 Å². The van der Waals surface area contributed by atoms with Gasteiger partial charge in [-0.3, -0.25) is 0 Å². The maximum absolute atomic E-state index is 13.5. The molecule has 1 aromatic rings. The smallest absolute Gasteiger partial charge is 0.276 e. The highest BCUT2D eigenvalue weighted by atomic mass is 19.3. The number of benzene rings is 1. The van der Waals surface area contributed by atoms with Crippen LogP contribution in [0.4, 0.5) is 8.78 Å². The molecular weight excluding hydrogens is 274 g/mol. The molecule has 0 aromatic heterocycles. The fourth-order valence-corrected chi connectivity index (χ4v) is 2.90. The van der Waals surface area contributed by atoms with Gasteiger partial charge in [0.05, 0.1) is 18.3 Å². The number of aliphatic hydroxyl groups is 1. The second kappa shape index (κ2) is 5.76. The lowest BCUT2D eigenvalue weighted by Crippen LogP contribution is -2.38. The zero-order valence-corrected chi connectivity index (χ0v) is 12.7. The summed E-state index contributed by atoms with van der Waals surface area (Å²) in [6.07, 6.45) is 0.381. The van der Waals surface area contributed by atoms with Crippen molar-refractivity contribution in [2.24, 2.45) is 5.41 Å². The predicted octanol–water partition coefficient (Wildman–Crippen LogP) is 4.63. The third kappa shape index (κ3) is 3.43. The third-order valence-corrected chi connectivity index (χ3v) is 4.46. The number of halogens is 2. The van der Waals surface area contributed by atoms with Crippen molar-refractivity contribution >= 4 is 5.57 Å². The van der Waals surface area contributed by atoms with Gasteiger partial charge in [-0.25, -0.2) is 0 Å². The molecule has 1 aromatic carbocycles. The molecule has 0 atom stereocenters. The van der Waals surface area contributed by atoms with Crippen molar-refractivity contribution in [1.29, 1.82) is 0 Å². The highest BCUT2D eigenvalue weighted by Gasteiger charge is 2.41. The molecule has 0 saturated heterocycles. The van der Waals surface area contributed by atoms with Crippen LogP contribution in [0, 0.1) is 5.41 Å². The van der Waals surface area contributed by atoms with E-state index in [2.05, 4.69) is 13.8 Å². The van der Waals surface area contributed by atoms with Crippen LogP contribution in [0.1, 0.15) is 45.1 Å². The van der Waals surface area contributed by atoms with E-state index in [1.165, 1.54) is 7.11 Å². The second-order valence-corrected chi connectivity index (χ2v) is 6.56. The molecular formula is C17H22F2O2. The Balaban J connectivity index is 2.34. The van der Waals surface area contributed by atoms with Gasteiger partial charge in [0.1, 0.15) is 5.75 Å². The van der Waals surface area contributed by atoms with E-state index in [-0.39, 0.29) is 11.0 Å². The molecule has 0 radical (unpaired) electrons. The first-order valence-corrected chi connectivity index (χ1v) is 7.20. The van der Waals surface area contributed by atoms with E-state index in [9.17, 15) is 13.9 Å². The summed E-state index contributed by atoms with van der Waals surface area (Å²) in [6.45, 7) is 4.21. The first kappa shape index (κ1) is 16.0. The van der Waals surface area contributed by atoms with E-state index in [1.54, 1.807) is 24.3 Å². The van der Waals surface area contributed by atoms with E-state index in [0.29, 0.717) is 24.2 Å². The Morgan fingerprint density at radius 3 is 2.00 bits per heavy atom. The minimum absolute atomic E-state index is 0.101. The van der Waals surface area contributed by atoms with Crippen LogP contribution in [0.5, 0.6) is 5.75 Å². The molecule has 1 aliphatic rings. The number of methoxy groups -OCH3 is 1. The number of ether oxygens (including phenoxy) is 1.